The first-order valence-electron chi connectivity index (χ1n) is 11.9. The van der Waals surface area contributed by atoms with Crippen LogP contribution >= 0.6 is 0 Å². The molecule has 0 aromatic heterocycles. The molecular formula is C26H34N4O3. The van der Waals surface area contributed by atoms with Crippen LogP contribution in [0, 0.1) is 0 Å². The first kappa shape index (κ1) is 23.1. The number of carbonyl (C=O) groups excluding carboxylic acids is 2. The molecule has 2 aliphatic heterocycles. The minimum Gasteiger partial charge on any atom is -0.494 e. The molecule has 1 fully saturated rings. The third kappa shape index (κ3) is 5.66. The van der Waals surface area contributed by atoms with Crippen LogP contribution in [0.25, 0.3) is 0 Å². The van der Waals surface area contributed by atoms with Gasteiger partial charge in [-0.15, -0.1) is 0 Å². The van der Waals surface area contributed by atoms with Gasteiger partial charge in [-0.3, -0.25) is 14.5 Å². The molecule has 2 aliphatic rings. The predicted octanol–water partition coefficient (Wildman–Crippen LogP) is 3.36. The summed E-state index contributed by atoms with van der Waals surface area (Å²) < 4.78 is 5.41. The number of hydrogen-bond acceptors (Lipinski definition) is 5. The van der Waals surface area contributed by atoms with Crippen molar-refractivity contribution in [2.24, 2.45) is 0 Å². The molecule has 0 saturated carbocycles. The van der Waals surface area contributed by atoms with Crippen LogP contribution in [0.1, 0.15) is 43.4 Å². The first-order valence-corrected chi connectivity index (χ1v) is 11.9. The van der Waals surface area contributed by atoms with Gasteiger partial charge in [0.15, 0.2) is 0 Å². The zero-order valence-corrected chi connectivity index (χ0v) is 19.6. The van der Waals surface area contributed by atoms with E-state index < -0.39 is 11.8 Å². The lowest BCUT2D eigenvalue weighted by Gasteiger charge is -2.35. The van der Waals surface area contributed by atoms with Crippen molar-refractivity contribution in [3.05, 3.63) is 53.6 Å². The average Bonchev–Trinajstić information content (AvgIpc) is 3.21. The Morgan fingerprint density at radius 2 is 1.76 bits per heavy atom. The van der Waals surface area contributed by atoms with Gasteiger partial charge in [0.05, 0.1) is 12.6 Å². The lowest BCUT2D eigenvalue weighted by atomic mass is 9.98. The molecular weight excluding hydrogens is 416 g/mol. The van der Waals surface area contributed by atoms with Crippen LogP contribution in [0.5, 0.6) is 5.75 Å². The van der Waals surface area contributed by atoms with Crippen molar-refractivity contribution in [3.8, 4) is 5.75 Å². The van der Waals surface area contributed by atoms with E-state index in [4.69, 9.17) is 4.74 Å². The number of piperidine rings is 1. The molecule has 1 saturated heterocycles. The van der Waals surface area contributed by atoms with Crippen LogP contribution in [0.15, 0.2) is 42.5 Å². The molecule has 2 heterocycles. The molecule has 0 spiro atoms. The number of carbonyl (C=O) groups is 2. The van der Waals surface area contributed by atoms with E-state index >= 15 is 0 Å². The minimum atomic E-state index is -0.660. The fourth-order valence-electron chi connectivity index (χ4n) is 4.74. The van der Waals surface area contributed by atoms with E-state index in [1.54, 1.807) is 24.3 Å². The smallest absolute Gasteiger partial charge is 0.313 e. The highest BCUT2D eigenvalue weighted by molar-refractivity contribution is 6.39. The lowest BCUT2D eigenvalue weighted by molar-refractivity contribution is -0.136. The summed E-state index contributed by atoms with van der Waals surface area (Å²) >= 11 is 0. The Morgan fingerprint density at radius 1 is 1.00 bits per heavy atom. The molecule has 2 amide bonds. The maximum Gasteiger partial charge on any atom is 0.313 e. The number of anilines is 2. The Labute approximate surface area is 196 Å². The number of likely N-dealkylation sites (N-methyl/N-ethyl adjacent to an activating group) is 1. The fourth-order valence-corrected chi connectivity index (χ4v) is 4.74. The molecule has 1 unspecified atom stereocenters. The SMILES string of the molecule is CCOc1ccc(NC(=O)C(=O)NCC(c2ccc3c(c2)CCN3C)N2CCCCC2)cc1. The molecule has 0 radical (unpaired) electrons. The molecule has 2 aromatic rings. The van der Waals surface area contributed by atoms with Crippen LogP contribution in [0.4, 0.5) is 11.4 Å². The van der Waals surface area contributed by atoms with Crippen molar-refractivity contribution in [2.75, 3.05) is 50.1 Å². The first-order chi connectivity index (χ1) is 16.0. The van der Waals surface area contributed by atoms with Crippen LogP contribution in [-0.2, 0) is 16.0 Å². The highest BCUT2D eigenvalue weighted by Crippen LogP contribution is 2.32. The third-order valence-corrected chi connectivity index (χ3v) is 6.53. The Balaban J connectivity index is 1.41. The van der Waals surface area contributed by atoms with Gasteiger partial charge >= 0.3 is 11.8 Å². The van der Waals surface area contributed by atoms with Crippen molar-refractivity contribution in [1.29, 1.82) is 0 Å². The van der Waals surface area contributed by atoms with E-state index in [0.29, 0.717) is 18.8 Å². The van der Waals surface area contributed by atoms with E-state index in [2.05, 4.69) is 45.7 Å². The van der Waals surface area contributed by atoms with Gasteiger partial charge in [0.25, 0.3) is 0 Å². The number of likely N-dealkylation sites (tertiary alicyclic amines) is 1. The number of rotatable bonds is 7. The number of amides is 2. The summed E-state index contributed by atoms with van der Waals surface area (Å²) in [6.07, 6.45) is 4.62. The summed E-state index contributed by atoms with van der Waals surface area (Å²) in [7, 11) is 2.12. The normalized spacial score (nSPS) is 16.7. The van der Waals surface area contributed by atoms with Gasteiger partial charge in [0, 0.05) is 31.5 Å². The van der Waals surface area contributed by atoms with Gasteiger partial charge in [-0.1, -0.05) is 18.6 Å². The standard InChI is InChI=1S/C26H34N4O3/c1-3-33-22-10-8-21(9-11-22)28-26(32)25(31)27-18-24(30-14-5-4-6-15-30)19-7-12-23-20(17-19)13-16-29(23)2/h7-12,17,24H,3-6,13-16,18H2,1-2H3,(H,27,31)(H,28,32). The summed E-state index contributed by atoms with van der Waals surface area (Å²) in [4.78, 5) is 29.8. The number of fused-ring (bicyclic) bond motifs is 1. The van der Waals surface area contributed by atoms with E-state index in [9.17, 15) is 9.59 Å². The van der Waals surface area contributed by atoms with Crippen LogP contribution < -0.4 is 20.3 Å². The largest absolute Gasteiger partial charge is 0.494 e. The van der Waals surface area contributed by atoms with Crippen LogP contribution in [0.2, 0.25) is 0 Å². The van der Waals surface area contributed by atoms with Crippen molar-refractivity contribution in [3.63, 3.8) is 0 Å². The van der Waals surface area contributed by atoms with Gasteiger partial charge in [-0.25, -0.2) is 0 Å². The Morgan fingerprint density at radius 3 is 2.48 bits per heavy atom. The number of benzene rings is 2. The predicted molar refractivity (Wildman–Crippen MR) is 131 cm³/mol. The summed E-state index contributed by atoms with van der Waals surface area (Å²) in [5, 5.41) is 5.55. The second-order valence-corrected chi connectivity index (χ2v) is 8.79. The van der Waals surface area contributed by atoms with Gasteiger partial charge in [0.2, 0.25) is 0 Å². The second-order valence-electron chi connectivity index (χ2n) is 8.79. The van der Waals surface area contributed by atoms with E-state index in [0.717, 1.165) is 44.6 Å². The van der Waals surface area contributed by atoms with Gasteiger partial charge in [-0.2, -0.15) is 0 Å². The Kier molecular flexibility index (Phi) is 7.50. The molecule has 7 nitrogen and oxygen atoms in total. The molecule has 176 valence electrons. The molecule has 2 aromatic carbocycles. The second kappa shape index (κ2) is 10.7. The van der Waals surface area contributed by atoms with Crippen molar-refractivity contribution in [2.45, 2.75) is 38.6 Å². The number of nitrogens with one attached hydrogen (secondary N) is 2. The summed E-state index contributed by atoms with van der Waals surface area (Å²) in [5.74, 6) is -0.552. The number of ether oxygens (including phenoxy) is 1. The number of nitrogens with zero attached hydrogens (tertiary/aromatic N) is 2. The van der Waals surface area contributed by atoms with E-state index in [1.807, 2.05) is 6.92 Å². The van der Waals surface area contributed by atoms with E-state index in [1.165, 1.54) is 23.2 Å². The minimum absolute atomic E-state index is 0.0590. The van der Waals surface area contributed by atoms with Crippen molar-refractivity contribution in [1.82, 2.24) is 10.2 Å². The van der Waals surface area contributed by atoms with E-state index in [-0.39, 0.29) is 6.04 Å². The van der Waals surface area contributed by atoms with Crippen molar-refractivity contribution >= 4 is 23.2 Å². The zero-order chi connectivity index (χ0) is 23.2. The Hall–Kier alpha value is -3.06. The van der Waals surface area contributed by atoms with Crippen LogP contribution in [-0.4, -0.2) is 56.5 Å². The van der Waals surface area contributed by atoms with Gasteiger partial charge in [0.1, 0.15) is 5.75 Å². The van der Waals surface area contributed by atoms with Crippen molar-refractivity contribution < 1.29 is 14.3 Å². The molecule has 2 N–H and O–H groups in total. The summed E-state index contributed by atoms with van der Waals surface area (Å²) in [6.45, 7) is 5.96. The molecule has 4 rings (SSSR count). The topological polar surface area (TPSA) is 73.9 Å². The molecule has 33 heavy (non-hydrogen) atoms. The van der Waals surface area contributed by atoms with Gasteiger partial charge in [-0.05, 0) is 80.7 Å². The Bertz CT molecular complexity index is 970. The molecule has 1 atom stereocenters. The highest BCUT2D eigenvalue weighted by Gasteiger charge is 2.26. The number of hydrogen-bond donors (Lipinski definition) is 2. The maximum atomic E-state index is 12.6. The summed E-state index contributed by atoms with van der Waals surface area (Å²) in [6, 6.07) is 13.7. The van der Waals surface area contributed by atoms with Gasteiger partial charge < -0.3 is 20.3 Å². The highest BCUT2D eigenvalue weighted by atomic mass is 16.5. The third-order valence-electron chi connectivity index (χ3n) is 6.53. The summed E-state index contributed by atoms with van der Waals surface area (Å²) in [5.41, 5.74) is 4.42. The fraction of sp³-hybridized carbons (Fsp3) is 0.462. The zero-order valence-electron chi connectivity index (χ0n) is 19.6. The molecule has 0 aliphatic carbocycles. The maximum absolute atomic E-state index is 12.6. The molecule has 7 heteroatoms. The molecule has 0 bridgehead atoms. The quantitative estimate of drug-likeness (QED) is 0.633. The monoisotopic (exact) mass is 450 g/mol. The average molecular weight is 451 g/mol. The van der Waals surface area contributed by atoms with Crippen LogP contribution in [0.3, 0.4) is 0 Å². The lowest BCUT2D eigenvalue weighted by Crippen LogP contribution is -2.43.